The smallest absolute Gasteiger partial charge is 0.282 e. The lowest BCUT2D eigenvalue weighted by Crippen LogP contribution is -2.40. The third kappa shape index (κ3) is 3.59. The summed E-state index contributed by atoms with van der Waals surface area (Å²) >= 11 is 12.2. The number of imide groups is 1. The van der Waals surface area contributed by atoms with Crippen molar-refractivity contribution in [3.8, 4) is 5.75 Å². The molecule has 0 unspecified atom stereocenters. The van der Waals surface area contributed by atoms with E-state index in [-0.39, 0.29) is 0 Å². The lowest BCUT2D eigenvalue weighted by atomic mass is 10.0. The van der Waals surface area contributed by atoms with Crippen LogP contribution in [0.25, 0.3) is 5.57 Å². The van der Waals surface area contributed by atoms with E-state index < -0.39 is 11.8 Å². The van der Waals surface area contributed by atoms with Crippen LogP contribution in [0, 0.1) is 0 Å². The second-order valence-electron chi connectivity index (χ2n) is 6.60. The molecule has 29 heavy (non-hydrogen) atoms. The first kappa shape index (κ1) is 19.8. The molecule has 2 aromatic rings. The SMILES string of the molecule is COc1ccccc1C1=C(N2CCOCC2)C(=O)N(c2cc(Cl)cc(Cl)c2)C1=O. The first-order valence-corrected chi connectivity index (χ1v) is 9.82. The van der Waals surface area contributed by atoms with Crippen molar-refractivity contribution in [3.05, 3.63) is 63.8 Å². The van der Waals surface area contributed by atoms with Crippen LogP contribution in [-0.4, -0.2) is 50.1 Å². The summed E-state index contributed by atoms with van der Waals surface area (Å²) in [5.41, 5.74) is 1.52. The zero-order valence-corrected chi connectivity index (χ0v) is 17.2. The van der Waals surface area contributed by atoms with Gasteiger partial charge >= 0.3 is 0 Å². The molecule has 0 aromatic heterocycles. The molecule has 0 N–H and O–H groups in total. The Morgan fingerprint density at radius 2 is 1.62 bits per heavy atom. The van der Waals surface area contributed by atoms with Gasteiger partial charge in [0, 0.05) is 28.7 Å². The van der Waals surface area contributed by atoms with Crippen molar-refractivity contribution in [2.75, 3.05) is 38.3 Å². The van der Waals surface area contributed by atoms with Crippen LogP contribution in [-0.2, 0) is 14.3 Å². The minimum atomic E-state index is -0.445. The molecule has 0 radical (unpaired) electrons. The summed E-state index contributed by atoms with van der Waals surface area (Å²) in [6.07, 6.45) is 0. The number of rotatable bonds is 4. The van der Waals surface area contributed by atoms with Crippen molar-refractivity contribution in [2.45, 2.75) is 0 Å². The zero-order chi connectivity index (χ0) is 20.5. The second-order valence-corrected chi connectivity index (χ2v) is 7.47. The van der Waals surface area contributed by atoms with Gasteiger partial charge in [-0.2, -0.15) is 0 Å². The van der Waals surface area contributed by atoms with Crippen LogP contribution >= 0.6 is 23.2 Å². The molecule has 2 amide bonds. The number of carbonyl (C=O) groups excluding carboxylic acids is 2. The van der Waals surface area contributed by atoms with Gasteiger partial charge in [0.15, 0.2) is 0 Å². The van der Waals surface area contributed by atoms with Gasteiger partial charge in [-0.15, -0.1) is 0 Å². The Bertz CT molecular complexity index is 995. The highest BCUT2D eigenvalue weighted by atomic mass is 35.5. The average Bonchev–Trinajstić information content (AvgIpc) is 2.97. The topological polar surface area (TPSA) is 59.1 Å². The molecule has 1 saturated heterocycles. The highest BCUT2D eigenvalue weighted by molar-refractivity contribution is 6.46. The lowest BCUT2D eigenvalue weighted by Gasteiger charge is -2.29. The maximum Gasteiger partial charge on any atom is 0.282 e. The fourth-order valence-electron chi connectivity index (χ4n) is 3.60. The molecule has 0 bridgehead atoms. The summed E-state index contributed by atoms with van der Waals surface area (Å²) in [4.78, 5) is 30.0. The molecule has 0 aliphatic carbocycles. The summed E-state index contributed by atoms with van der Waals surface area (Å²) in [5.74, 6) is -0.351. The summed E-state index contributed by atoms with van der Waals surface area (Å²) in [5, 5.41) is 0.679. The van der Waals surface area contributed by atoms with Gasteiger partial charge < -0.3 is 14.4 Å². The van der Waals surface area contributed by atoms with Crippen LogP contribution in [0.3, 0.4) is 0 Å². The largest absolute Gasteiger partial charge is 0.496 e. The number of benzene rings is 2. The van der Waals surface area contributed by atoms with E-state index in [1.54, 1.807) is 36.4 Å². The van der Waals surface area contributed by atoms with Gasteiger partial charge in [-0.1, -0.05) is 41.4 Å². The monoisotopic (exact) mass is 432 g/mol. The van der Waals surface area contributed by atoms with Crippen LogP contribution in [0.2, 0.25) is 10.0 Å². The predicted octanol–water partition coefficient (Wildman–Crippen LogP) is 3.62. The van der Waals surface area contributed by atoms with Gasteiger partial charge in [0.2, 0.25) is 0 Å². The summed E-state index contributed by atoms with van der Waals surface area (Å²) in [6, 6.07) is 11.8. The summed E-state index contributed by atoms with van der Waals surface area (Å²) < 4.78 is 10.9. The first-order valence-electron chi connectivity index (χ1n) is 9.06. The predicted molar refractivity (Wildman–Crippen MR) is 111 cm³/mol. The van der Waals surface area contributed by atoms with Crippen molar-refractivity contribution < 1.29 is 19.1 Å². The van der Waals surface area contributed by atoms with Crippen molar-refractivity contribution in [1.29, 1.82) is 0 Å². The Labute approximate surface area is 178 Å². The maximum atomic E-state index is 13.5. The molecule has 150 valence electrons. The summed E-state index contributed by atoms with van der Waals surface area (Å²) in [6.45, 7) is 1.98. The third-order valence-electron chi connectivity index (χ3n) is 4.87. The molecule has 2 aliphatic heterocycles. The number of amides is 2. The molecule has 1 fully saturated rings. The van der Waals surface area contributed by atoms with E-state index in [4.69, 9.17) is 32.7 Å². The fourth-order valence-corrected chi connectivity index (χ4v) is 4.11. The average molecular weight is 433 g/mol. The molecule has 8 heteroatoms. The van der Waals surface area contributed by atoms with Gasteiger partial charge in [0.25, 0.3) is 11.8 Å². The number of nitrogens with zero attached hydrogens (tertiary/aromatic N) is 2. The quantitative estimate of drug-likeness (QED) is 0.690. The normalized spacial score (nSPS) is 17.3. The number of ether oxygens (including phenoxy) is 2. The molecule has 2 aromatic carbocycles. The van der Waals surface area contributed by atoms with Crippen molar-refractivity contribution in [1.82, 2.24) is 4.90 Å². The van der Waals surface area contributed by atoms with E-state index in [0.717, 1.165) is 4.90 Å². The van der Waals surface area contributed by atoms with E-state index in [0.29, 0.717) is 64.6 Å². The van der Waals surface area contributed by atoms with Crippen LogP contribution in [0.15, 0.2) is 48.2 Å². The number of hydrogen-bond donors (Lipinski definition) is 0. The standard InChI is InChI=1S/C21H18Cl2N2O4/c1-28-17-5-3-2-4-16(17)18-19(24-6-8-29-9-7-24)21(27)25(20(18)26)15-11-13(22)10-14(23)12-15/h2-5,10-12H,6-9H2,1H3. The molecule has 2 heterocycles. The number of halogens is 2. The second kappa shape index (κ2) is 8.06. The Morgan fingerprint density at radius 1 is 0.966 bits per heavy atom. The number of carbonyl (C=O) groups is 2. The number of hydrogen-bond acceptors (Lipinski definition) is 5. The molecule has 0 atom stereocenters. The summed E-state index contributed by atoms with van der Waals surface area (Å²) in [7, 11) is 1.53. The molecular weight excluding hydrogens is 415 g/mol. The molecule has 0 saturated carbocycles. The Hall–Kier alpha value is -2.54. The van der Waals surface area contributed by atoms with E-state index in [1.807, 2.05) is 11.0 Å². The van der Waals surface area contributed by atoms with E-state index in [1.165, 1.54) is 7.11 Å². The number of morpholine rings is 1. The van der Waals surface area contributed by atoms with E-state index >= 15 is 0 Å². The van der Waals surface area contributed by atoms with Crippen molar-refractivity contribution in [3.63, 3.8) is 0 Å². The maximum absolute atomic E-state index is 13.5. The van der Waals surface area contributed by atoms with Gasteiger partial charge in [-0.3, -0.25) is 9.59 Å². The lowest BCUT2D eigenvalue weighted by molar-refractivity contribution is -0.121. The van der Waals surface area contributed by atoms with Gasteiger partial charge in [0.1, 0.15) is 11.4 Å². The first-order chi connectivity index (χ1) is 14.0. The Balaban J connectivity index is 1.88. The molecular formula is C21H18Cl2N2O4. The van der Waals surface area contributed by atoms with E-state index in [2.05, 4.69) is 0 Å². The number of methoxy groups -OCH3 is 1. The molecule has 0 spiro atoms. The minimum absolute atomic E-state index is 0.297. The van der Waals surface area contributed by atoms with Crippen LogP contribution in [0.1, 0.15) is 5.56 Å². The van der Waals surface area contributed by atoms with E-state index in [9.17, 15) is 9.59 Å². The third-order valence-corrected chi connectivity index (χ3v) is 5.31. The van der Waals surface area contributed by atoms with Gasteiger partial charge in [0.05, 0.1) is 31.6 Å². The Morgan fingerprint density at radius 3 is 2.28 bits per heavy atom. The molecule has 6 nitrogen and oxygen atoms in total. The number of anilines is 1. The fraction of sp³-hybridized carbons (Fsp3) is 0.238. The van der Waals surface area contributed by atoms with Gasteiger partial charge in [-0.05, 0) is 24.3 Å². The minimum Gasteiger partial charge on any atom is -0.496 e. The Kier molecular flexibility index (Phi) is 5.50. The van der Waals surface area contributed by atoms with Crippen LogP contribution < -0.4 is 9.64 Å². The van der Waals surface area contributed by atoms with Crippen LogP contribution in [0.4, 0.5) is 5.69 Å². The molecule has 2 aliphatic rings. The van der Waals surface area contributed by atoms with Gasteiger partial charge in [-0.25, -0.2) is 4.90 Å². The van der Waals surface area contributed by atoms with Crippen molar-refractivity contribution in [2.24, 2.45) is 0 Å². The number of para-hydroxylation sites is 1. The zero-order valence-electron chi connectivity index (χ0n) is 15.7. The highest BCUT2D eigenvalue weighted by Crippen LogP contribution is 2.39. The molecule has 4 rings (SSSR count). The van der Waals surface area contributed by atoms with Crippen LogP contribution in [0.5, 0.6) is 5.75 Å². The highest BCUT2D eigenvalue weighted by Gasteiger charge is 2.43. The van der Waals surface area contributed by atoms with Crippen molar-refractivity contribution >= 4 is 46.3 Å².